The smallest absolute Gasteiger partial charge is 0.235 e. The Morgan fingerprint density at radius 1 is 1.32 bits per heavy atom. The van der Waals surface area contributed by atoms with Gasteiger partial charge in [0.25, 0.3) is 0 Å². The van der Waals surface area contributed by atoms with Crippen LogP contribution in [0.1, 0.15) is 13.8 Å². The Morgan fingerprint density at radius 2 is 2.00 bits per heavy atom. The fraction of sp³-hybridized carbons (Fsp3) is 0.235. The summed E-state index contributed by atoms with van der Waals surface area (Å²) < 4.78 is 0. The third-order valence-corrected chi connectivity index (χ3v) is 4.07. The molecule has 1 N–H and O–H groups in total. The lowest BCUT2D eigenvalue weighted by atomic mass is 9.95. The maximum atomic E-state index is 12.6. The molecule has 1 amide bonds. The van der Waals surface area contributed by atoms with Crippen LogP contribution < -0.4 is 5.32 Å². The molecule has 0 radical (unpaired) electrons. The average Bonchev–Trinajstić information content (AvgIpc) is 2.64. The van der Waals surface area contributed by atoms with Crippen LogP contribution in [0.15, 0.2) is 58.2 Å². The van der Waals surface area contributed by atoms with Gasteiger partial charge < -0.3 is 5.32 Å². The van der Waals surface area contributed by atoms with E-state index in [4.69, 9.17) is 0 Å². The molecular formula is C17H17N3OS. The number of carbonyl (C=O) groups is 1. The monoisotopic (exact) mass is 311 g/mol. The van der Waals surface area contributed by atoms with Gasteiger partial charge in [0, 0.05) is 11.4 Å². The van der Waals surface area contributed by atoms with E-state index in [0.29, 0.717) is 10.6 Å². The van der Waals surface area contributed by atoms with Gasteiger partial charge in [-0.3, -0.25) is 4.79 Å². The van der Waals surface area contributed by atoms with Gasteiger partial charge in [-0.15, -0.1) is 11.8 Å². The lowest BCUT2D eigenvalue weighted by Gasteiger charge is -2.14. The molecule has 1 atom stereocenters. The minimum atomic E-state index is -0.497. The molecule has 0 aromatic heterocycles. The van der Waals surface area contributed by atoms with Crippen molar-refractivity contribution in [1.82, 2.24) is 0 Å². The Hall–Kier alpha value is -2.32. The summed E-state index contributed by atoms with van der Waals surface area (Å²) in [4.78, 5) is 17.0. The maximum absolute atomic E-state index is 12.6. The number of rotatable bonds is 2. The van der Waals surface area contributed by atoms with Crippen LogP contribution in [0.3, 0.4) is 0 Å². The zero-order valence-electron chi connectivity index (χ0n) is 12.8. The number of carbonyl (C=O) groups excluding carboxylic acids is 1. The van der Waals surface area contributed by atoms with Crippen LogP contribution in [0.2, 0.25) is 0 Å². The summed E-state index contributed by atoms with van der Waals surface area (Å²) in [5.74, 6) is -0.656. The zero-order valence-corrected chi connectivity index (χ0v) is 13.6. The molecule has 2 rings (SSSR count). The topological polar surface area (TPSA) is 65.2 Å². The molecule has 5 heteroatoms. The van der Waals surface area contributed by atoms with Gasteiger partial charge in [0.2, 0.25) is 5.91 Å². The van der Waals surface area contributed by atoms with Gasteiger partial charge in [0.05, 0.1) is 11.5 Å². The fourth-order valence-corrected chi connectivity index (χ4v) is 2.89. The van der Waals surface area contributed by atoms with E-state index in [1.807, 2.05) is 50.4 Å². The molecule has 0 bridgehead atoms. The lowest BCUT2D eigenvalue weighted by Crippen LogP contribution is -2.23. The third kappa shape index (κ3) is 3.46. The number of nitriles is 1. The summed E-state index contributed by atoms with van der Waals surface area (Å²) in [7, 11) is 0. The van der Waals surface area contributed by atoms with E-state index in [0.717, 1.165) is 17.0 Å². The molecule has 0 saturated heterocycles. The SMILES string of the molecule is CSC1=NC(C)=CC(C(=O)Nc2ccccc2)C(C)=C1C#N. The number of hydrogen-bond donors (Lipinski definition) is 1. The van der Waals surface area contributed by atoms with E-state index in [-0.39, 0.29) is 5.91 Å². The summed E-state index contributed by atoms with van der Waals surface area (Å²) in [5, 5.41) is 12.9. The largest absolute Gasteiger partial charge is 0.325 e. The Bertz CT molecular complexity index is 711. The second-order valence-electron chi connectivity index (χ2n) is 4.93. The second kappa shape index (κ2) is 7.10. The summed E-state index contributed by atoms with van der Waals surface area (Å²) in [5.41, 5.74) is 2.68. The molecule has 0 aliphatic carbocycles. The molecule has 0 fully saturated rings. The standard InChI is InChI=1S/C17H17N3OS/c1-11-9-14(12(2)15(10-18)17(19-11)22-3)16(21)20-13-7-5-4-6-8-13/h4-9,14H,1-3H3,(H,20,21). The van der Waals surface area contributed by atoms with E-state index in [1.54, 1.807) is 6.08 Å². The molecule has 1 aromatic rings. The Kier molecular flexibility index (Phi) is 5.18. The summed E-state index contributed by atoms with van der Waals surface area (Å²) in [6.45, 7) is 3.65. The Morgan fingerprint density at radius 3 is 2.59 bits per heavy atom. The highest BCUT2D eigenvalue weighted by Crippen LogP contribution is 2.27. The molecule has 1 unspecified atom stereocenters. The van der Waals surface area contributed by atoms with E-state index < -0.39 is 5.92 Å². The number of anilines is 1. The highest BCUT2D eigenvalue weighted by atomic mass is 32.2. The van der Waals surface area contributed by atoms with Crippen molar-refractivity contribution in [3.8, 4) is 6.07 Å². The predicted molar refractivity (Wildman–Crippen MR) is 91.6 cm³/mol. The molecule has 0 saturated carbocycles. The van der Waals surface area contributed by atoms with Gasteiger partial charge in [-0.2, -0.15) is 5.26 Å². The average molecular weight is 311 g/mol. The van der Waals surface area contributed by atoms with Crippen LogP contribution in [-0.4, -0.2) is 17.2 Å². The van der Waals surface area contributed by atoms with E-state index in [1.165, 1.54) is 11.8 Å². The highest BCUT2D eigenvalue weighted by molar-refractivity contribution is 8.13. The van der Waals surface area contributed by atoms with Crippen molar-refractivity contribution in [1.29, 1.82) is 5.26 Å². The molecule has 22 heavy (non-hydrogen) atoms. The first-order chi connectivity index (χ1) is 10.6. The Labute approximate surface area is 134 Å². The molecule has 0 spiro atoms. The van der Waals surface area contributed by atoms with Gasteiger partial charge in [0.15, 0.2) is 0 Å². The molecule has 1 aliphatic rings. The predicted octanol–water partition coefficient (Wildman–Crippen LogP) is 3.76. The van der Waals surface area contributed by atoms with Crippen LogP contribution in [-0.2, 0) is 4.79 Å². The number of hydrogen-bond acceptors (Lipinski definition) is 4. The molecule has 1 heterocycles. The first-order valence-corrected chi connectivity index (χ1v) is 8.07. The number of thioether (sulfide) groups is 1. The van der Waals surface area contributed by atoms with Crippen molar-refractivity contribution in [3.63, 3.8) is 0 Å². The number of para-hydroxylation sites is 1. The van der Waals surface area contributed by atoms with Crippen molar-refractivity contribution in [2.75, 3.05) is 11.6 Å². The minimum Gasteiger partial charge on any atom is -0.325 e. The molecule has 1 aliphatic heterocycles. The van der Waals surface area contributed by atoms with Crippen LogP contribution in [0.4, 0.5) is 5.69 Å². The number of nitrogens with one attached hydrogen (secondary N) is 1. The second-order valence-corrected chi connectivity index (χ2v) is 5.73. The van der Waals surface area contributed by atoms with Gasteiger partial charge in [-0.25, -0.2) is 4.99 Å². The molecule has 1 aromatic carbocycles. The van der Waals surface area contributed by atoms with Crippen LogP contribution in [0.25, 0.3) is 0 Å². The third-order valence-electron chi connectivity index (χ3n) is 3.39. The quantitative estimate of drug-likeness (QED) is 0.904. The van der Waals surface area contributed by atoms with Crippen molar-refractivity contribution in [2.24, 2.45) is 10.9 Å². The number of nitrogens with zero attached hydrogens (tertiary/aromatic N) is 2. The molecular weight excluding hydrogens is 294 g/mol. The van der Waals surface area contributed by atoms with Crippen molar-refractivity contribution in [2.45, 2.75) is 13.8 Å². The zero-order chi connectivity index (χ0) is 16.1. The van der Waals surface area contributed by atoms with Crippen molar-refractivity contribution in [3.05, 3.63) is 53.3 Å². The van der Waals surface area contributed by atoms with Crippen LogP contribution in [0.5, 0.6) is 0 Å². The van der Waals surface area contributed by atoms with Crippen LogP contribution >= 0.6 is 11.8 Å². The minimum absolute atomic E-state index is 0.159. The van der Waals surface area contributed by atoms with Gasteiger partial charge in [-0.05, 0) is 43.9 Å². The number of aliphatic imine (C=N–C) groups is 1. The number of allylic oxidation sites excluding steroid dienone is 1. The van der Waals surface area contributed by atoms with E-state index in [9.17, 15) is 10.1 Å². The van der Waals surface area contributed by atoms with Crippen molar-refractivity contribution >= 4 is 28.4 Å². The fourth-order valence-electron chi connectivity index (χ4n) is 2.24. The summed E-state index contributed by atoms with van der Waals surface area (Å²) >= 11 is 1.41. The number of amides is 1. The maximum Gasteiger partial charge on any atom is 0.235 e. The molecule has 112 valence electrons. The Balaban J connectivity index is 2.36. The van der Waals surface area contributed by atoms with Crippen LogP contribution in [0, 0.1) is 17.2 Å². The highest BCUT2D eigenvalue weighted by Gasteiger charge is 2.25. The van der Waals surface area contributed by atoms with E-state index >= 15 is 0 Å². The first-order valence-electron chi connectivity index (χ1n) is 6.85. The van der Waals surface area contributed by atoms with Gasteiger partial charge in [0.1, 0.15) is 11.1 Å². The summed E-state index contributed by atoms with van der Waals surface area (Å²) in [6.07, 6.45) is 3.68. The van der Waals surface area contributed by atoms with Crippen molar-refractivity contribution < 1.29 is 4.79 Å². The summed E-state index contributed by atoms with van der Waals surface area (Å²) in [6, 6.07) is 11.5. The van der Waals surface area contributed by atoms with Gasteiger partial charge >= 0.3 is 0 Å². The van der Waals surface area contributed by atoms with Gasteiger partial charge in [-0.1, -0.05) is 18.2 Å². The number of benzene rings is 1. The normalized spacial score (nSPS) is 18.0. The first kappa shape index (κ1) is 16.1. The lowest BCUT2D eigenvalue weighted by molar-refractivity contribution is -0.117. The molecule has 4 nitrogen and oxygen atoms in total. The van der Waals surface area contributed by atoms with E-state index in [2.05, 4.69) is 16.4 Å².